The summed E-state index contributed by atoms with van der Waals surface area (Å²) >= 11 is 0. The molecule has 2 aromatic rings. The highest BCUT2D eigenvalue weighted by atomic mass is 16.6. The molecule has 0 amide bonds. The molecule has 0 aliphatic carbocycles. The number of rotatable bonds is 9. The molecular weight excluding hydrogens is 388 g/mol. The van der Waals surface area contributed by atoms with E-state index in [1.807, 2.05) is 0 Å². The van der Waals surface area contributed by atoms with Crippen molar-refractivity contribution in [1.29, 1.82) is 0 Å². The Labute approximate surface area is 175 Å². The molecule has 2 aromatic carbocycles. The fraction of sp³-hybridized carbons (Fsp3) is 0.261. The Morgan fingerprint density at radius 2 is 1.60 bits per heavy atom. The molecule has 0 N–H and O–H groups in total. The summed E-state index contributed by atoms with van der Waals surface area (Å²) < 4.78 is 20.4. The molecule has 7 heteroatoms. The van der Waals surface area contributed by atoms with Crippen molar-refractivity contribution in [2.24, 2.45) is 0 Å². The minimum atomic E-state index is -0.427. The molecule has 0 radical (unpaired) electrons. The van der Waals surface area contributed by atoms with E-state index in [9.17, 15) is 14.4 Å². The van der Waals surface area contributed by atoms with E-state index in [1.165, 1.54) is 21.0 Å². The Morgan fingerprint density at radius 1 is 0.900 bits per heavy atom. The van der Waals surface area contributed by atoms with E-state index in [1.54, 1.807) is 54.6 Å². The topological polar surface area (TPSA) is 88.1 Å². The predicted molar refractivity (Wildman–Crippen MR) is 110 cm³/mol. The molecule has 2 rings (SSSR count). The number of ether oxygens (including phenoxy) is 4. The maximum Gasteiger partial charge on any atom is 0.308 e. The summed E-state index contributed by atoms with van der Waals surface area (Å²) in [6.07, 6.45) is 4.26. The minimum Gasteiger partial charge on any atom is -0.493 e. The van der Waals surface area contributed by atoms with Crippen LogP contribution in [-0.2, 0) is 25.5 Å². The van der Waals surface area contributed by atoms with Gasteiger partial charge in [-0.15, -0.1) is 0 Å². The third kappa shape index (κ3) is 7.79. The van der Waals surface area contributed by atoms with Crippen LogP contribution in [0.1, 0.15) is 31.4 Å². The molecule has 0 heterocycles. The summed E-state index contributed by atoms with van der Waals surface area (Å²) in [5.74, 6) is 0.128. The summed E-state index contributed by atoms with van der Waals surface area (Å²) in [6, 6.07) is 12.1. The molecule has 30 heavy (non-hydrogen) atoms. The molecule has 0 unspecified atom stereocenters. The van der Waals surface area contributed by atoms with Gasteiger partial charge in [0.2, 0.25) is 0 Å². The Balaban J connectivity index is 1.78. The Bertz CT molecular complexity index is 914. The Kier molecular flexibility index (Phi) is 8.62. The molecule has 0 spiro atoms. The number of hydrogen-bond donors (Lipinski definition) is 0. The van der Waals surface area contributed by atoms with E-state index in [4.69, 9.17) is 18.9 Å². The van der Waals surface area contributed by atoms with Gasteiger partial charge in [0.25, 0.3) is 0 Å². The molecule has 0 saturated carbocycles. The van der Waals surface area contributed by atoms with Gasteiger partial charge in [-0.2, -0.15) is 0 Å². The largest absolute Gasteiger partial charge is 0.493 e. The number of aryl methyl sites for hydroxylation is 1. The van der Waals surface area contributed by atoms with Gasteiger partial charge >= 0.3 is 17.9 Å². The lowest BCUT2D eigenvalue weighted by molar-refractivity contribution is -0.142. The standard InChI is InChI=1S/C23H24O7/c1-16(24)29-20-10-6-18(7-11-20)9-13-23(26)28-14-4-5-19-8-12-21(30-17(2)25)22(15-19)27-3/h4-8,10-12,15H,9,13-14H2,1-3H3/b5-4+. The molecule has 0 aliphatic rings. The summed E-state index contributed by atoms with van der Waals surface area (Å²) in [6.45, 7) is 2.80. The zero-order chi connectivity index (χ0) is 21.9. The number of hydrogen-bond acceptors (Lipinski definition) is 7. The molecule has 7 nitrogen and oxygen atoms in total. The van der Waals surface area contributed by atoms with Crippen LogP contribution in [0.5, 0.6) is 17.2 Å². The molecule has 0 saturated heterocycles. The molecule has 158 valence electrons. The van der Waals surface area contributed by atoms with Crippen LogP contribution in [0.4, 0.5) is 0 Å². The second kappa shape index (κ2) is 11.4. The first-order valence-electron chi connectivity index (χ1n) is 9.33. The lowest BCUT2D eigenvalue weighted by Gasteiger charge is -2.08. The van der Waals surface area contributed by atoms with Gasteiger partial charge in [0.05, 0.1) is 7.11 Å². The number of benzene rings is 2. The third-order valence-electron chi connectivity index (χ3n) is 3.89. The average Bonchev–Trinajstić information content (AvgIpc) is 2.70. The number of esters is 3. The highest BCUT2D eigenvalue weighted by molar-refractivity contribution is 5.71. The van der Waals surface area contributed by atoms with Gasteiger partial charge in [0.1, 0.15) is 12.4 Å². The highest BCUT2D eigenvalue weighted by Gasteiger charge is 2.07. The van der Waals surface area contributed by atoms with Crippen molar-refractivity contribution in [3.63, 3.8) is 0 Å². The van der Waals surface area contributed by atoms with Crippen molar-refractivity contribution in [1.82, 2.24) is 0 Å². The second-order valence-electron chi connectivity index (χ2n) is 6.33. The van der Waals surface area contributed by atoms with Crippen LogP contribution in [0.15, 0.2) is 48.5 Å². The highest BCUT2D eigenvalue weighted by Crippen LogP contribution is 2.28. The third-order valence-corrected chi connectivity index (χ3v) is 3.89. The van der Waals surface area contributed by atoms with Crippen molar-refractivity contribution in [2.75, 3.05) is 13.7 Å². The van der Waals surface area contributed by atoms with Crippen LogP contribution < -0.4 is 14.2 Å². The van der Waals surface area contributed by atoms with Crippen LogP contribution in [0.25, 0.3) is 6.08 Å². The first-order chi connectivity index (χ1) is 14.4. The number of carbonyl (C=O) groups is 3. The second-order valence-corrected chi connectivity index (χ2v) is 6.33. The van der Waals surface area contributed by atoms with Gasteiger partial charge < -0.3 is 18.9 Å². The summed E-state index contributed by atoms with van der Waals surface area (Å²) in [7, 11) is 1.49. The molecule has 0 bridgehead atoms. The smallest absolute Gasteiger partial charge is 0.308 e. The Hall–Kier alpha value is -3.61. The maximum atomic E-state index is 11.9. The quantitative estimate of drug-likeness (QED) is 0.458. The SMILES string of the molecule is COc1cc(/C=C/COC(=O)CCc2ccc(OC(C)=O)cc2)ccc1OC(C)=O. The van der Waals surface area contributed by atoms with E-state index in [-0.39, 0.29) is 25.0 Å². The number of carbonyl (C=O) groups excluding carboxylic acids is 3. The monoisotopic (exact) mass is 412 g/mol. The van der Waals surface area contributed by atoms with Crippen LogP contribution >= 0.6 is 0 Å². The first kappa shape index (κ1) is 22.7. The van der Waals surface area contributed by atoms with Crippen molar-refractivity contribution in [3.05, 3.63) is 59.7 Å². The zero-order valence-corrected chi connectivity index (χ0v) is 17.2. The van der Waals surface area contributed by atoms with E-state index in [0.717, 1.165) is 11.1 Å². The average molecular weight is 412 g/mol. The van der Waals surface area contributed by atoms with E-state index < -0.39 is 5.97 Å². The van der Waals surface area contributed by atoms with Crippen molar-refractivity contribution in [2.45, 2.75) is 26.7 Å². The molecule has 0 atom stereocenters. The fourth-order valence-corrected chi connectivity index (χ4v) is 2.56. The predicted octanol–water partition coefficient (Wildman–Crippen LogP) is 3.74. The lowest BCUT2D eigenvalue weighted by Crippen LogP contribution is -2.06. The fourth-order valence-electron chi connectivity index (χ4n) is 2.56. The number of methoxy groups -OCH3 is 1. The van der Waals surface area contributed by atoms with Gasteiger partial charge in [-0.3, -0.25) is 14.4 Å². The molecule has 0 fully saturated rings. The lowest BCUT2D eigenvalue weighted by atomic mass is 10.1. The van der Waals surface area contributed by atoms with E-state index >= 15 is 0 Å². The van der Waals surface area contributed by atoms with Crippen LogP contribution in [-0.4, -0.2) is 31.6 Å². The summed E-state index contributed by atoms with van der Waals surface area (Å²) in [4.78, 5) is 33.9. The van der Waals surface area contributed by atoms with Crippen LogP contribution in [0.2, 0.25) is 0 Å². The van der Waals surface area contributed by atoms with Crippen LogP contribution in [0.3, 0.4) is 0 Å². The summed E-state index contributed by atoms with van der Waals surface area (Å²) in [5, 5.41) is 0. The normalized spacial score (nSPS) is 10.5. The van der Waals surface area contributed by atoms with Crippen molar-refractivity contribution in [3.8, 4) is 17.2 Å². The van der Waals surface area contributed by atoms with Crippen LogP contribution in [0, 0.1) is 0 Å². The van der Waals surface area contributed by atoms with Gasteiger partial charge in [-0.25, -0.2) is 0 Å². The molecular formula is C23H24O7. The van der Waals surface area contributed by atoms with Gasteiger partial charge in [0, 0.05) is 20.3 Å². The minimum absolute atomic E-state index is 0.137. The molecule has 0 aromatic heterocycles. The summed E-state index contributed by atoms with van der Waals surface area (Å²) in [5.41, 5.74) is 1.75. The van der Waals surface area contributed by atoms with Crippen molar-refractivity contribution < 1.29 is 33.3 Å². The Morgan fingerprint density at radius 3 is 2.23 bits per heavy atom. The van der Waals surface area contributed by atoms with Crippen molar-refractivity contribution >= 4 is 24.0 Å². The first-order valence-corrected chi connectivity index (χ1v) is 9.33. The van der Waals surface area contributed by atoms with E-state index in [2.05, 4.69) is 0 Å². The molecule has 0 aliphatic heterocycles. The van der Waals surface area contributed by atoms with E-state index in [0.29, 0.717) is 23.7 Å². The zero-order valence-electron chi connectivity index (χ0n) is 17.2. The van der Waals surface area contributed by atoms with Gasteiger partial charge in [-0.05, 0) is 47.9 Å². The van der Waals surface area contributed by atoms with Gasteiger partial charge in [-0.1, -0.05) is 24.3 Å². The van der Waals surface area contributed by atoms with Gasteiger partial charge in [0.15, 0.2) is 11.5 Å². The maximum absolute atomic E-state index is 11.9.